The molecule has 8 heteroatoms. The number of halogens is 1. The Morgan fingerprint density at radius 3 is 2.77 bits per heavy atom. The van der Waals surface area contributed by atoms with Gasteiger partial charge in [-0.3, -0.25) is 9.59 Å². The predicted octanol–water partition coefficient (Wildman–Crippen LogP) is 0.409. The predicted molar refractivity (Wildman–Crippen MR) is 86.9 cm³/mol. The molecular formula is C14H20ClN5O2. The summed E-state index contributed by atoms with van der Waals surface area (Å²) in [4.78, 5) is 25.8. The Labute approximate surface area is 134 Å². The highest BCUT2D eigenvalue weighted by Crippen LogP contribution is 2.04. The lowest BCUT2D eigenvalue weighted by molar-refractivity contribution is -0.131. The molecular weight excluding hydrogens is 306 g/mol. The van der Waals surface area contributed by atoms with Crippen LogP contribution in [0.3, 0.4) is 0 Å². The number of likely N-dealkylation sites (N-methyl/N-ethyl adjacent to an activating group) is 1. The van der Waals surface area contributed by atoms with E-state index in [-0.39, 0.29) is 42.9 Å². The highest BCUT2D eigenvalue weighted by atomic mass is 35.5. The number of benzene rings is 1. The second-order valence-electron chi connectivity index (χ2n) is 4.97. The highest BCUT2D eigenvalue weighted by Gasteiger charge is 2.15. The van der Waals surface area contributed by atoms with Crippen LogP contribution in [-0.2, 0) is 11.3 Å². The van der Waals surface area contributed by atoms with Crippen LogP contribution in [0.15, 0.2) is 29.1 Å². The maximum atomic E-state index is 12.2. The van der Waals surface area contributed by atoms with Gasteiger partial charge in [0, 0.05) is 26.1 Å². The zero-order chi connectivity index (χ0) is 15.4. The number of hydrogen-bond donors (Lipinski definition) is 1. The quantitative estimate of drug-likeness (QED) is 0.859. The van der Waals surface area contributed by atoms with E-state index in [4.69, 9.17) is 5.73 Å². The molecule has 2 rings (SSSR count). The van der Waals surface area contributed by atoms with Gasteiger partial charge in [-0.05, 0) is 19.1 Å². The van der Waals surface area contributed by atoms with Crippen molar-refractivity contribution in [3.8, 4) is 0 Å². The number of nitrogens with two attached hydrogens (primary N) is 1. The lowest BCUT2D eigenvalue weighted by Gasteiger charge is -2.23. The fourth-order valence-corrected chi connectivity index (χ4v) is 1.95. The number of aryl methyl sites for hydroxylation is 1. The largest absolute Gasteiger partial charge is 0.342 e. The Hall–Kier alpha value is -1.99. The Balaban J connectivity index is 0.00000242. The molecule has 0 saturated heterocycles. The molecule has 7 nitrogen and oxygen atoms in total. The fourth-order valence-electron chi connectivity index (χ4n) is 1.95. The second kappa shape index (κ2) is 7.86. The molecule has 1 heterocycles. The van der Waals surface area contributed by atoms with E-state index in [1.807, 2.05) is 6.92 Å². The van der Waals surface area contributed by atoms with Crippen molar-refractivity contribution in [1.29, 1.82) is 0 Å². The van der Waals surface area contributed by atoms with Gasteiger partial charge in [0.1, 0.15) is 5.52 Å². The van der Waals surface area contributed by atoms with Crippen molar-refractivity contribution in [3.05, 3.63) is 34.6 Å². The average Bonchev–Trinajstić information content (AvgIpc) is 2.52. The molecule has 0 spiro atoms. The van der Waals surface area contributed by atoms with Crippen molar-refractivity contribution in [1.82, 2.24) is 19.9 Å². The van der Waals surface area contributed by atoms with Gasteiger partial charge < -0.3 is 10.6 Å². The van der Waals surface area contributed by atoms with E-state index in [9.17, 15) is 9.59 Å². The van der Waals surface area contributed by atoms with Crippen molar-refractivity contribution in [3.63, 3.8) is 0 Å². The number of nitrogens with zero attached hydrogens (tertiary/aromatic N) is 4. The molecule has 1 atom stereocenters. The van der Waals surface area contributed by atoms with E-state index in [2.05, 4.69) is 10.3 Å². The fraction of sp³-hybridized carbons (Fsp3) is 0.429. The van der Waals surface area contributed by atoms with Gasteiger partial charge in [0.05, 0.1) is 11.9 Å². The van der Waals surface area contributed by atoms with E-state index in [0.29, 0.717) is 17.4 Å². The van der Waals surface area contributed by atoms with E-state index in [1.54, 1.807) is 36.2 Å². The lowest BCUT2D eigenvalue weighted by Crippen LogP contribution is -2.40. The maximum Gasteiger partial charge on any atom is 0.277 e. The van der Waals surface area contributed by atoms with Crippen molar-refractivity contribution in [2.45, 2.75) is 25.9 Å². The van der Waals surface area contributed by atoms with E-state index >= 15 is 0 Å². The molecule has 0 fully saturated rings. The topological polar surface area (TPSA) is 94.1 Å². The van der Waals surface area contributed by atoms with Gasteiger partial charge in [-0.25, -0.2) is 4.68 Å². The van der Waals surface area contributed by atoms with Crippen LogP contribution in [0.25, 0.3) is 10.9 Å². The van der Waals surface area contributed by atoms with Crippen molar-refractivity contribution < 1.29 is 4.79 Å². The van der Waals surface area contributed by atoms with Gasteiger partial charge in [0.2, 0.25) is 5.91 Å². The normalized spacial score (nSPS) is 11.8. The van der Waals surface area contributed by atoms with Gasteiger partial charge in [0.15, 0.2) is 0 Å². The smallest absolute Gasteiger partial charge is 0.277 e. The van der Waals surface area contributed by atoms with Crippen LogP contribution in [0.4, 0.5) is 0 Å². The van der Waals surface area contributed by atoms with E-state index in [1.165, 1.54) is 4.68 Å². The summed E-state index contributed by atoms with van der Waals surface area (Å²) in [6.45, 7) is 2.48. The molecule has 0 bridgehead atoms. The number of rotatable bonds is 5. The first kappa shape index (κ1) is 18.1. The highest BCUT2D eigenvalue weighted by molar-refractivity contribution is 5.85. The molecule has 1 unspecified atom stereocenters. The van der Waals surface area contributed by atoms with Gasteiger partial charge in [-0.1, -0.05) is 17.3 Å². The summed E-state index contributed by atoms with van der Waals surface area (Å²) in [6, 6.07) is 6.98. The average molecular weight is 326 g/mol. The summed E-state index contributed by atoms with van der Waals surface area (Å²) in [5.41, 5.74) is 5.85. The first-order valence-electron chi connectivity index (χ1n) is 6.83. The van der Waals surface area contributed by atoms with Gasteiger partial charge in [-0.2, -0.15) is 0 Å². The number of fused-ring (bicyclic) bond motifs is 1. The van der Waals surface area contributed by atoms with Crippen LogP contribution in [-0.4, -0.2) is 45.4 Å². The summed E-state index contributed by atoms with van der Waals surface area (Å²) in [5, 5.41) is 8.35. The second-order valence-corrected chi connectivity index (χ2v) is 4.97. The summed E-state index contributed by atoms with van der Waals surface area (Å²) in [7, 11) is 1.70. The zero-order valence-corrected chi connectivity index (χ0v) is 13.4. The van der Waals surface area contributed by atoms with Crippen LogP contribution in [0.2, 0.25) is 0 Å². The third kappa shape index (κ3) is 3.80. The van der Waals surface area contributed by atoms with E-state index < -0.39 is 0 Å². The molecule has 1 aromatic heterocycles. The van der Waals surface area contributed by atoms with Crippen LogP contribution < -0.4 is 11.3 Å². The molecule has 0 aliphatic heterocycles. The maximum absolute atomic E-state index is 12.2. The van der Waals surface area contributed by atoms with Crippen LogP contribution >= 0.6 is 12.4 Å². The summed E-state index contributed by atoms with van der Waals surface area (Å²) < 4.78 is 1.22. The van der Waals surface area contributed by atoms with Crippen molar-refractivity contribution in [2.75, 3.05) is 13.6 Å². The van der Waals surface area contributed by atoms with Gasteiger partial charge in [-0.15, -0.1) is 17.5 Å². The number of carbonyl (C=O) groups is 1. The first-order valence-corrected chi connectivity index (χ1v) is 6.83. The van der Waals surface area contributed by atoms with Crippen molar-refractivity contribution >= 4 is 29.2 Å². The molecule has 0 aliphatic carbocycles. The minimum Gasteiger partial charge on any atom is -0.342 e. The number of carbonyl (C=O) groups excluding carboxylic acids is 1. The van der Waals surface area contributed by atoms with Crippen molar-refractivity contribution in [2.24, 2.45) is 5.73 Å². The Morgan fingerprint density at radius 2 is 2.09 bits per heavy atom. The molecule has 2 aromatic rings. The first-order chi connectivity index (χ1) is 10.0. The Bertz CT molecular complexity index is 703. The van der Waals surface area contributed by atoms with Gasteiger partial charge in [0.25, 0.3) is 5.56 Å². The molecule has 1 aromatic carbocycles. The summed E-state index contributed by atoms with van der Waals surface area (Å²) >= 11 is 0. The third-order valence-corrected chi connectivity index (χ3v) is 3.56. The van der Waals surface area contributed by atoms with Crippen LogP contribution in [0.1, 0.15) is 13.3 Å². The molecule has 0 aliphatic rings. The Kier molecular flexibility index (Phi) is 6.45. The molecule has 0 saturated carbocycles. The monoisotopic (exact) mass is 325 g/mol. The Morgan fingerprint density at radius 1 is 1.41 bits per heavy atom. The molecule has 0 radical (unpaired) electrons. The standard InChI is InChI=1S/C14H19N5O2.ClH/c1-10(9-15)18(2)13(20)7-8-19-14(21)11-5-3-4-6-12(11)16-17-19;/h3-6,10H,7-9,15H2,1-2H3;1H. The van der Waals surface area contributed by atoms with Gasteiger partial charge >= 0.3 is 0 Å². The minimum atomic E-state index is -0.233. The molecule has 120 valence electrons. The van der Waals surface area contributed by atoms with Crippen LogP contribution in [0.5, 0.6) is 0 Å². The molecule has 1 amide bonds. The summed E-state index contributed by atoms with van der Waals surface area (Å²) in [6.07, 6.45) is 0.188. The number of amides is 1. The van der Waals surface area contributed by atoms with Crippen LogP contribution in [0, 0.1) is 0 Å². The van der Waals surface area contributed by atoms with E-state index in [0.717, 1.165) is 0 Å². The lowest BCUT2D eigenvalue weighted by atomic mass is 10.2. The molecule has 22 heavy (non-hydrogen) atoms. The number of aromatic nitrogens is 3. The number of hydrogen-bond acceptors (Lipinski definition) is 5. The minimum absolute atomic E-state index is 0. The molecule has 2 N–H and O–H groups in total. The summed E-state index contributed by atoms with van der Waals surface area (Å²) in [5.74, 6) is -0.0743. The third-order valence-electron chi connectivity index (χ3n) is 3.56. The zero-order valence-electron chi connectivity index (χ0n) is 12.6. The SMILES string of the molecule is CC(CN)N(C)C(=O)CCn1nnc2ccccc2c1=O.Cl.